The van der Waals surface area contributed by atoms with Gasteiger partial charge in [-0.15, -0.1) is 0 Å². The number of anilines is 1. The fourth-order valence-corrected chi connectivity index (χ4v) is 4.65. The van der Waals surface area contributed by atoms with E-state index in [-0.39, 0.29) is 17.9 Å². The zero-order valence-corrected chi connectivity index (χ0v) is 15.3. The van der Waals surface area contributed by atoms with Crippen LogP contribution >= 0.6 is 11.5 Å². The number of carbonyl (C=O) groups is 2. The van der Waals surface area contributed by atoms with Crippen LogP contribution in [0.3, 0.4) is 0 Å². The first-order chi connectivity index (χ1) is 12.0. The zero-order valence-electron chi connectivity index (χ0n) is 14.5. The molecule has 0 aliphatic carbocycles. The minimum Gasteiger partial charge on any atom is -0.346 e. The van der Waals surface area contributed by atoms with Crippen LogP contribution < -0.4 is 10.2 Å². The maximum absolute atomic E-state index is 12.7. The molecular formula is C18H22N4O2S. The Hall–Kier alpha value is -1.99. The van der Waals surface area contributed by atoms with Crippen LogP contribution in [0.1, 0.15) is 30.3 Å². The molecule has 3 fully saturated rings. The van der Waals surface area contributed by atoms with Crippen LogP contribution in [0.4, 0.5) is 5.69 Å². The molecule has 2 aromatic rings. The number of piperidine rings is 3. The van der Waals surface area contributed by atoms with Gasteiger partial charge in [0.05, 0.1) is 4.70 Å². The summed E-state index contributed by atoms with van der Waals surface area (Å²) in [7, 11) is 1.74. The van der Waals surface area contributed by atoms with Gasteiger partial charge in [-0.1, -0.05) is 0 Å². The fraction of sp³-hybridized carbons (Fsp3) is 0.500. The van der Waals surface area contributed by atoms with Crippen molar-refractivity contribution in [1.82, 2.24) is 14.6 Å². The zero-order chi connectivity index (χ0) is 17.6. The molecule has 0 unspecified atom stereocenters. The lowest BCUT2D eigenvalue weighted by Crippen LogP contribution is -2.57. The van der Waals surface area contributed by atoms with E-state index in [1.807, 2.05) is 18.2 Å². The molecule has 3 aliphatic rings. The topological polar surface area (TPSA) is 65.5 Å². The Morgan fingerprint density at radius 1 is 1.32 bits per heavy atom. The molecule has 1 N–H and O–H groups in total. The van der Waals surface area contributed by atoms with Gasteiger partial charge in [-0.05, 0) is 61.6 Å². The summed E-state index contributed by atoms with van der Waals surface area (Å²) in [5.74, 6) is 0.483. The van der Waals surface area contributed by atoms with Gasteiger partial charge in [-0.2, -0.15) is 4.37 Å². The molecule has 2 bridgehead atoms. The second kappa shape index (κ2) is 6.38. The van der Waals surface area contributed by atoms with Crippen molar-refractivity contribution in [2.45, 2.75) is 25.8 Å². The first-order valence-corrected chi connectivity index (χ1v) is 9.47. The Labute approximate surface area is 151 Å². The van der Waals surface area contributed by atoms with Gasteiger partial charge in [0, 0.05) is 37.6 Å². The molecule has 1 aromatic heterocycles. The van der Waals surface area contributed by atoms with Crippen molar-refractivity contribution in [2.75, 3.05) is 31.6 Å². The van der Waals surface area contributed by atoms with E-state index >= 15 is 0 Å². The highest BCUT2D eigenvalue weighted by Crippen LogP contribution is 2.30. The SMILES string of the molecule is CC(=O)N(C)c1ccc2c(C(=O)N[C@@H]3CN4CCC3CC4)nsc2c1. The summed E-state index contributed by atoms with van der Waals surface area (Å²) in [4.78, 5) is 28.3. The summed E-state index contributed by atoms with van der Waals surface area (Å²) in [6.07, 6.45) is 2.34. The molecule has 3 aliphatic heterocycles. The smallest absolute Gasteiger partial charge is 0.271 e. The molecule has 5 rings (SSSR count). The molecule has 7 heteroatoms. The second-order valence-corrected chi connectivity index (χ2v) is 7.81. The van der Waals surface area contributed by atoms with E-state index in [1.54, 1.807) is 11.9 Å². The normalized spacial score (nSPS) is 25.1. The Morgan fingerprint density at radius 3 is 2.72 bits per heavy atom. The molecule has 3 saturated heterocycles. The summed E-state index contributed by atoms with van der Waals surface area (Å²) in [6.45, 7) is 4.79. The third-order valence-corrected chi connectivity index (χ3v) is 6.31. The molecule has 1 atom stereocenters. The van der Waals surface area contributed by atoms with Gasteiger partial charge in [-0.25, -0.2) is 0 Å². The molecule has 2 amide bonds. The molecule has 0 spiro atoms. The Kier molecular flexibility index (Phi) is 4.21. The van der Waals surface area contributed by atoms with Gasteiger partial charge >= 0.3 is 0 Å². The summed E-state index contributed by atoms with van der Waals surface area (Å²) in [5, 5.41) is 4.05. The van der Waals surface area contributed by atoms with Crippen molar-refractivity contribution in [1.29, 1.82) is 0 Å². The number of hydrogen-bond donors (Lipinski definition) is 1. The number of carbonyl (C=O) groups excluding carboxylic acids is 2. The van der Waals surface area contributed by atoms with Crippen LogP contribution in [0.2, 0.25) is 0 Å². The lowest BCUT2D eigenvalue weighted by Gasteiger charge is -2.44. The van der Waals surface area contributed by atoms with Crippen molar-refractivity contribution in [3.05, 3.63) is 23.9 Å². The van der Waals surface area contributed by atoms with Crippen molar-refractivity contribution >= 4 is 39.1 Å². The van der Waals surface area contributed by atoms with E-state index in [0.717, 1.165) is 35.4 Å². The van der Waals surface area contributed by atoms with Crippen molar-refractivity contribution in [3.8, 4) is 0 Å². The Balaban J connectivity index is 1.55. The summed E-state index contributed by atoms with van der Waals surface area (Å²) in [6, 6.07) is 5.90. The van der Waals surface area contributed by atoms with Crippen LogP contribution in [0, 0.1) is 5.92 Å². The number of nitrogens with zero attached hydrogens (tertiary/aromatic N) is 3. The van der Waals surface area contributed by atoms with Crippen molar-refractivity contribution in [2.24, 2.45) is 5.92 Å². The number of rotatable bonds is 3. The standard InChI is InChI=1S/C18H22N4O2S/c1-11(23)21(2)13-3-4-14-16(9-13)25-20-17(14)18(24)19-15-10-22-7-5-12(15)6-8-22/h3-4,9,12,15H,5-8,10H2,1-2H3,(H,19,24)/t15-/m1/s1. The van der Waals surface area contributed by atoms with Gasteiger partial charge < -0.3 is 15.1 Å². The van der Waals surface area contributed by atoms with Crippen LogP contribution in [0.25, 0.3) is 10.1 Å². The van der Waals surface area contributed by atoms with E-state index in [1.165, 1.54) is 31.3 Å². The predicted molar refractivity (Wildman–Crippen MR) is 99.1 cm³/mol. The van der Waals surface area contributed by atoms with Gasteiger partial charge in [-0.3, -0.25) is 9.59 Å². The molecule has 132 valence electrons. The van der Waals surface area contributed by atoms with E-state index in [4.69, 9.17) is 0 Å². The van der Waals surface area contributed by atoms with Crippen LogP contribution in [0.15, 0.2) is 18.2 Å². The minimum atomic E-state index is -0.0855. The molecule has 4 heterocycles. The number of aromatic nitrogens is 1. The maximum atomic E-state index is 12.7. The lowest BCUT2D eigenvalue weighted by molar-refractivity contribution is -0.116. The van der Waals surface area contributed by atoms with E-state index in [2.05, 4.69) is 14.6 Å². The van der Waals surface area contributed by atoms with Gasteiger partial charge in [0.1, 0.15) is 5.69 Å². The molecular weight excluding hydrogens is 336 g/mol. The summed E-state index contributed by atoms with van der Waals surface area (Å²) < 4.78 is 5.30. The second-order valence-electron chi connectivity index (χ2n) is 7.01. The first kappa shape index (κ1) is 16.5. The lowest BCUT2D eigenvalue weighted by atomic mass is 9.84. The monoisotopic (exact) mass is 358 g/mol. The third-order valence-electron chi connectivity index (χ3n) is 5.50. The van der Waals surface area contributed by atoms with Gasteiger partial charge in [0.2, 0.25) is 5.91 Å². The molecule has 6 nitrogen and oxygen atoms in total. The number of benzene rings is 1. The predicted octanol–water partition coefficient (Wildman–Crippen LogP) is 2.10. The molecule has 0 saturated carbocycles. The molecule has 0 radical (unpaired) electrons. The Bertz CT molecular complexity index is 826. The highest BCUT2D eigenvalue weighted by molar-refractivity contribution is 7.13. The highest BCUT2D eigenvalue weighted by atomic mass is 32.1. The third kappa shape index (κ3) is 3.02. The van der Waals surface area contributed by atoms with Gasteiger partial charge in [0.25, 0.3) is 5.91 Å². The van der Waals surface area contributed by atoms with Crippen LogP contribution in [-0.4, -0.2) is 53.8 Å². The fourth-order valence-electron chi connectivity index (χ4n) is 3.85. The van der Waals surface area contributed by atoms with E-state index < -0.39 is 0 Å². The average molecular weight is 358 g/mol. The quantitative estimate of drug-likeness (QED) is 0.913. The highest BCUT2D eigenvalue weighted by Gasteiger charge is 2.35. The Morgan fingerprint density at radius 2 is 2.08 bits per heavy atom. The minimum absolute atomic E-state index is 0.0239. The molecule has 1 aromatic carbocycles. The van der Waals surface area contributed by atoms with Crippen LogP contribution in [-0.2, 0) is 4.79 Å². The average Bonchev–Trinajstić information content (AvgIpc) is 3.05. The number of fused-ring (bicyclic) bond motifs is 4. The number of amides is 2. The van der Waals surface area contributed by atoms with Gasteiger partial charge in [0.15, 0.2) is 0 Å². The maximum Gasteiger partial charge on any atom is 0.271 e. The van der Waals surface area contributed by atoms with E-state index in [9.17, 15) is 9.59 Å². The van der Waals surface area contributed by atoms with Crippen molar-refractivity contribution < 1.29 is 9.59 Å². The van der Waals surface area contributed by atoms with Crippen molar-refractivity contribution in [3.63, 3.8) is 0 Å². The molecule has 25 heavy (non-hydrogen) atoms. The summed E-state index contributed by atoms with van der Waals surface area (Å²) in [5.41, 5.74) is 1.31. The first-order valence-electron chi connectivity index (χ1n) is 8.70. The number of hydrogen-bond acceptors (Lipinski definition) is 5. The largest absolute Gasteiger partial charge is 0.346 e. The summed E-state index contributed by atoms with van der Waals surface area (Å²) >= 11 is 1.30. The van der Waals surface area contributed by atoms with E-state index in [0.29, 0.717) is 11.6 Å². The number of nitrogens with one attached hydrogen (secondary N) is 1. The van der Waals surface area contributed by atoms with Crippen LogP contribution in [0.5, 0.6) is 0 Å².